The zero-order chi connectivity index (χ0) is 8.60. The molecule has 0 amide bonds. The van der Waals surface area contributed by atoms with Gasteiger partial charge in [-0.05, 0) is 12.8 Å². The molecule has 0 radical (unpaired) electrons. The molecule has 0 bridgehead atoms. The molecular formula is C8H16FN2P. The molecule has 2 aliphatic rings. The average Bonchev–Trinajstić information content (AvgIpc) is 1.89. The van der Waals surface area contributed by atoms with Crippen molar-refractivity contribution < 1.29 is 4.39 Å². The molecule has 0 aromatic heterocycles. The Hall–Kier alpha value is 0.280. The van der Waals surface area contributed by atoms with Crippen molar-refractivity contribution in [2.75, 3.05) is 26.2 Å². The molecule has 1 unspecified atom stereocenters. The van der Waals surface area contributed by atoms with Crippen molar-refractivity contribution in [2.24, 2.45) is 0 Å². The van der Waals surface area contributed by atoms with Crippen LogP contribution in [0.4, 0.5) is 4.39 Å². The van der Waals surface area contributed by atoms with Crippen molar-refractivity contribution in [1.29, 1.82) is 0 Å². The highest BCUT2D eigenvalue weighted by molar-refractivity contribution is 7.18. The van der Waals surface area contributed by atoms with E-state index in [1.54, 1.807) is 0 Å². The molecule has 2 rings (SSSR count). The summed E-state index contributed by atoms with van der Waals surface area (Å²) in [6.45, 7) is 4.03. The quantitative estimate of drug-likeness (QED) is 0.609. The zero-order valence-corrected chi connectivity index (χ0v) is 8.38. The highest BCUT2D eigenvalue weighted by atomic mass is 31.0. The van der Waals surface area contributed by atoms with E-state index in [4.69, 9.17) is 0 Å². The van der Waals surface area contributed by atoms with E-state index < -0.39 is 5.41 Å². The second kappa shape index (κ2) is 3.21. The van der Waals surface area contributed by atoms with E-state index in [1.165, 1.54) is 0 Å². The van der Waals surface area contributed by atoms with E-state index in [0.717, 1.165) is 26.2 Å². The van der Waals surface area contributed by atoms with Crippen molar-refractivity contribution in [3.63, 3.8) is 0 Å². The summed E-state index contributed by atoms with van der Waals surface area (Å²) >= 11 is 0. The number of hydrogen-bond donors (Lipinski definition) is 1. The Morgan fingerprint density at radius 3 is 2.33 bits per heavy atom. The Bertz CT molecular complexity index is 160. The van der Waals surface area contributed by atoms with E-state index in [9.17, 15) is 4.39 Å². The van der Waals surface area contributed by atoms with Crippen molar-refractivity contribution in [2.45, 2.75) is 24.3 Å². The molecule has 0 aliphatic carbocycles. The fourth-order valence-electron chi connectivity index (χ4n) is 1.79. The Kier molecular flexibility index (Phi) is 2.37. The molecule has 2 nitrogen and oxygen atoms in total. The largest absolute Gasteiger partial charge is 0.314 e. The first-order valence-electron chi connectivity index (χ1n) is 4.60. The monoisotopic (exact) mass is 190 g/mol. The van der Waals surface area contributed by atoms with Crippen LogP contribution in [0.5, 0.6) is 0 Å². The summed E-state index contributed by atoms with van der Waals surface area (Å²) in [5.41, 5.74) is 0. The second-order valence-corrected chi connectivity index (χ2v) is 4.92. The summed E-state index contributed by atoms with van der Waals surface area (Å²) < 4.78 is 13.4. The number of alkyl halides is 1. The van der Waals surface area contributed by atoms with Crippen LogP contribution in [0.15, 0.2) is 0 Å². The van der Waals surface area contributed by atoms with Crippen LogP contribution >= 0.6 is 9.24 Å². The van der Waals surface area contributed by atoms with Gasteiger partial charge in [0.25, 0.3) is 0 Å². The van der Waals surface area contributed by atoms with Gasteiger partial charge in [0, 0.05) is 32.2 Å². The molecule has 2 heterocycles. The van der Waals surface area contributed by atoms with Gasteiger partial charge >= 0.3 is 0 Å². The number of rotatable bonds is 1. The predicted octanol–water partition coefficient (Wildman–Crippen LogP) is 0.595. The summed E-state index contributed by atoms with van der Waals surface area (Å²) in [7, 11) is 2.34. The van der Waals surface area contributed by atoms with E-state index in [0.29, 0.717) is 18.9 Å². The van der Waals surface area contributed by atoms with Crippen molar-refractivity contribution in [1.82, 2.24) is 10.2 Å². The number of piperidine rings is 1. The third-order valence-corrected chi connectivity index (χ3v) is 3.48. The SMILES string of the molecule is FC1(P)CCN(C2CNC2)CC1. The van der Waals surface area contributed by atoms with Gasteiger partial charge in [0.2, 0.25) is 0 Å². The zero-order valence-electron chi connectivity index (χ0n) is 7.22. The lowest BCUT2D eigenvalue weighted by atomic mass is 10.0. The van der Waals surface area contributed by atoms with Gasteiger partial charge in [-0.15, -0.1) is 0 Å². The van der Waals surface area contributed by atoms with E-state index in [2.05, 4.69) is 19.5 Å². The molecule has 70 valence electrons. The molecule has 0 spiro atoms. The first kappa shape index (κ1) is 8.86. The summed E-state index contributed by atoms with van der Waals surface area (Å²) in [4.78, 5) is 2.40. The molecule has 0 aromatic carbocycles. The smallest absolute Gasteiger partial charge is 0.126 e. The van der Waals surface area contributed by atoms with Gasteiger partial charge in [-0.1, -0.05) is 9.24 Å². The van der Waals surface area contributed by atoms with Crippen LogP contribution in [0.2, 0.25) is 0 Å². The molecular weight excluding hydrogens is 174 g/mol. The van der Waals surface area contributed by atoms with Crippen molar-refractivity contribution in [3.05, 3.63) is 0 Å². The lowest BCUT2D eigenvalue weighted by molar-refractivity contribution is 0.0712. The third kappa shape index (κ3) is 1.78. The van der Waals surface area contributed by atoms with Gasteiger partial charge in [-0.3, -0.25) is 4.90 Å². The van der Waals surface area contributed by atoms with Crippen molar-refractivity contribution >= 4 is 9.24 Å². The summed E-state index contributed by atoms with van der Waals surface area (Å²) in [6, 6.07) is 0.686. The number of likely N-dealkylation sites (tertiary alicyclic amines) is 1. The minimum Gasteiger partial charge on any atom is -0.314 e. The maximum atomic E-state index is 13.4. The first-order chi connectivity index (χ1) is 5.67. The predicted molar refractivity (Wildman–Crippen MR) is 51.0 cm³/mol. The van der Waals surface area contributed by atoms with E-state index in [-0.39, 0.29) is 0 Å². The Labute approximate surface area is 75.1 Å². The van der Waals surface area contributed by atoms with Crippen LogP contribution in [0.3, 0.4) is 0 Å². The number of nitrogens with one attached hydrogen (secondary N) is 1. The summed E-state index contributed by atoms with van der Waals surface area (Å²) in [5.74, 6) is 0. The second-order valence-electron chi connectivity index (χ2n) is 3.88. The van der Waals surface area contributed by atoms with Gasteiger partial charge in [-0.2, -0.15) is 0 Å². The molecule has 0 aromatic rings. The van der Waals surface area contributed by atoms with Gasteiger partial charge < -0.3 is 5.32 Å². The molecule has 1 atom stereocenters. The third-order valence-electron chi connectivity index (χ3n) is 2.91. The van der Waals surface area contributed by atoms with Crippen LogP contribution in [0, 0.1) is 0 Å². The number of hydrogen-bond acceptors (Lipinski definition) is 2. The molecule has 12 heavy (non-hydrogen) atoms. The van der Waals surface area contributed by atoms with Crippen LogP contribution in [0.25, 0.3) is 0 Å². The van der Waals surface area contributed by atoms with Crippen molar-refractivity contribution in [3.8, 4) is 0 Å². The van der Waals surface area contributed by atoms with Gasteiger partial charge in [0.1, 0.15) is 5.41 Å². The average molecular weight is 190 g/mol. The van der Waals surface area contributed by atoms with Gasteiger partial charge in [0.15, 0.2) is 0 Å². The molecule has 0 saturated carbocycles. The maximum absolute atomic E-state index is 13.4. The van der Waals surface area contributed by atoms with E-state index >= 15 is 0 Å². The minimum atomic E-state index is -0.978. The van der Waals surface area contributed by atoms with Crippen LogP contribution in [0.1, 0.15) is 12.8 Å². The lowest BCUT2D eigenvalue weighted by Gasteiger charge is -2.43. The Morgan fingerprint density at radius 2 is 1.92 bits per heavy atom. The fraction of sp³-hybridized carbons (Fsp3) is 1.00. The fourth-order valence-corrected chi connectivity index (χ4v) is 2.05. The molecule has 4 heteroatoms. The van der Waals surface area contributed by atoms with Crippen LogP contribution in [-0.4, -0.2) is 42.5 Å². The molecule has 1 N–H and O–H groups in total. The normalized spacial score (nSPS) is 31.5. The Balaban J connectivity index is 1.81. The Morgan fingerprint density at radius 1 is 1.33 bits per heavy atom. The van der Waals surface area contributed by atoms with E-state index in [1.807, 2.05) is 0 Å². The topological polar surface area (TPSA) is 15.3 Å². The van der Waals surface area contributed by atoms with Crippen LogP contribution in [-0.2, 0) is 0 Å². The lowest BCUT2D eigenvalue weighted by Crippen LogP contribution is -2.59. The summed E-state index contributed by atoms with van der Waals surface area (Å²) in [6.07, 6.45) is 1.35. The minimum absolute atomic E-state index is 0.675. The van der Waals surface area contributed by atoms with Gasteiger partial charge in [0.05, 0.1) is 0 Å². The maximum Gasteiger partial charge on any atom is 0.126 e. The highest BCUT2D eigenvalue weighted by Crippen LogP contribution is 2.33. The number of halogens is 1. The molecule has 2 saturated heterocycles. The first-order valence-corrected chi connectivity index (χ1v) is 5.18. The molecule has 2 aliphatic heterocycles. The highest BCUT2D eigenvalue weighted by Gasteiger charge is 2.34. The standard InChI is InChI=1S/C8H16FN2P/c9-8(12)1-3-11(4-2-8)7-5-10-6-7/h7,10H,1-6,12H2. The van der Waals surface area contributed by atoms with Crippen LogP contribution < -0.4 is 5.32 Å². The van der Waals surface area contributed by atoms with Gasteiger partial charge in [-0.25, -0.2) is 4.39 Å². The molecule has 2 fully saturated rings. The summed E-state index contributed by atoms with van der Waals surface area (Å²) in [5, 5.41) is 2.26. The number of nitrogens with zero attached hydrogens (tertiary/aromatic N) is 1.